The zero-order valence-electron chi connectivity index (χ0n) is 19.3. The van der Waals surface area contributed by atoms with Crippen molar-refractivity contribution < 1.29 is 14.3 Å². The summed E-state index contributed by atoms with van der Waals surface area (Å²) in [5, 5.41) is 13.9. The quantitative estimate of drug-likeness (QED) is 0.306. The number of pyridine rings is 1. The van der Waals surface area contributed by atoms with E-state index in [0.29, 0.717) is 51.6 Å². The van der Waals surface area contributed by atoms with Gasteiger partial charge in [0, 0.05) is 31.8 Å². The molecule has 3 heterocycles. The molecule has 186 valence electrons. The molecular formula is C24H23ClN6O4S. The van der Waals surface area contributed by atoms with E-state index in [4.69, 9.17) is 16.3 Å². The molecule has 2 amide bonds. The van der Waals surface area contributed by atoms with Gasteiger partial charge in [-0.05, 0) is 36.8 Å². The second-order valence-electron chi connectivity index (χ2n) is 7.69. The van der Waals surface area contributed by atoms with Crippen molar-refractivity contribution in [3.05, 3.63) is 86.2 Å². The Labute approximate surface area is 215 Å². The maximum Gasteiger partial charge on any atom is 0.261 e. The summed E-state index contributed by atoms with van der Waals surface area (Å²) in [5.41, 5.74) is 1.61. The van der Waals surface area contributed by atoms with Crippen LogP contribution < -0.4 is 20.9 Å². The molecule has 0 saturated heterocycles. The first kappa shape index (κ1) is 25.1. The molecule has 0 aliphatic heterocycles. The molecule has 1 aromatic carbocycles. The Morgan fingerprint density at radius 3 is 2.75 bits per heavy atom. The number of hydrogen-bond donors (Lipinski definition) is 2. The number of nitrogens with one attached hydrogen (secondary N) is 2. The van der Waals surface area contributed by atoms with E-state index in [1.165, 1.54) is 28.9 Å². The smallest absolute Gasteiger partial charge is 0.261 e. The summed E-state index contributed by atoms with van der Waals surface area (Å²) >= 11 is 7.09. The molecule has 0 aliphatic rings. The number of hydrogen-bond acceptors (Lipinski definition) is 7. The molecule has 0 unspecified atom stereocenters. The molecule has 2 N–H and O–H groups in total. The monoisotopic (exact) mass is 526 g/mol. The van der Waals surface area contributed by atoms with Crippen LogP contribution in [0.25, 0.3) is 11.4 Å². The van der Waals surface area contributed by atoms with Gasteiger partial charge in [-0.15, -0.1) is 16.4 Å². The van der Waals surface area contributed by atoms with E-state index in [1.807, 2.05) is 0 Å². The molecule has 12 heteroatoms. The maximum atomic E-state index is 12.3. The van der Waals surface area contributed by atoms with Crippen molar-refractivity contribution in [3.8, 4) is 17.1 Å². The van der Waals surface area contributed by atoms with Crippen LogP contribution >= 0.6 is 22.9 Å². The zero-order chi connectivity index (χ0) is 25.5. The van der Waals surface area contributed by atoms with Crippen LogP contribution in [0.4, 0.5) is 0 Å². The summed E-state index contributed by atoms with van der Waals surface area (Å²) in [6.45, 7) is 2.45. The lowest BCUT2D eigenvalue weighted by Gasteiger charge is -2.14. The van der Waals surface area contributed by atoms with Crippen molar-refractivity contribution in [2.24, 2.45) is 0 Å². The Bertz CT molecular complexity index is 1430. The van der Waals surface area contributed by atoms with Gasteiger partial charge in [0.2, 0.25) is 5.91 Å². The lowest BCUT2D eigenvalue weighted by molar-refractivity contribution is -0.118. The second-order valence-corrected chi connectivity index (χ2v) is 9.40. The number of halogens is 1. The van der Waals surface area contributed by atoms with E-state index in [-0.39, 0.29) is 23.9 Å². The minimum atomic E-state index is -0.248. The number of rotatable bonds is 10. The molecule has 10 nitrogen and oxygen atoms in total. The van der Waals surface area contributed by atoms with Crippen molar-refractivity contribution in [2.75, 3.05) is 13.2 Å². The van der Waals surface area contributed by atoms with Crippen LogP contribution in [0.2, 0.25) is 4.34 Å². The molecule has 0 bridgehead atoms. The standard InChI is InChI=1S/C24H23ClN6O4S/c1-16(32)26-10-4-12-35-20-13-18(30-11-3-2-5-23(30)33)6-7-19(20)31-15-17(28-29-31)14-27-24(34)21-8-9-22(25)36-21/h2-3,5-9,11,13,15H,4,10,12,14H2,1H3,(H,26,32)(H,27,34). The molecule has 0 atom stereocenters. The minimum Gasteiger partial charge on any atom is -0.491 e. The molecular weight excluding hydrogens is 504 g/mol. The molecule has 0 radical (unpaired) electrons. The van der Waals surface area contributed by atoms with E-state index in [0.717, 1.165) is 0 Å². The van der Waals surface area contributed by atoms with Gasteiger partial charge in [-0.2, -0.15) is 0 Å². The van der Waals surface area contributed by atoms with Crippen LogP contribution in [0.1, 0.15) is 28.7 Å². The van der Waals surface area contributed by atoms with E-state index in [2.05, 4.69) is 20.9 Å². The van der Waals surface area contributed by atoms with Crippen LogP contribution in [0, 0.1) is 0 Å². The number of thiophene rings is 1. The molecule has 0 spiro atoms. The first-order valence-corrected chi connectivity index (χ1v) is 12.2. The molecule has 0 fully saturated rings. The Hall–Kier alpha value is -3.96. The number of nitrogens with zero attached hydrogens (tertiary/aromatic N) is 4. The minimum absolute atomic E-state index is 0.106. The second kappa shape index (κ2) is 11.6. The van der Waals surface area contributed by atoms with Crippen LogP contribution in [-0.2, 0) is 11.3 Å². The van der Waals surface area contributed by atoms with Crippen molar-refractivity contribution in [2.45, 2.75) is 19.9 Å². The molecule has 4 rings (SSSR count). The predicted octanol–water partition coefficient (Wildman–Crippen LogP) is 2.97. The Morgan fingerprint density at radius 1 is 1.14 bits per heavy atom. The third-order valence-corrected chi connectivity index (χ3v) is 6.24. The SMILES string of the molecule is CC(=O)NCCCOc1cc(-n2ccccc2=O)ccc1-n1cc(CNC(=O)c2ccc(Cl)s2)nn1. The summed E-state index contributed by atoms with van der Waals surface area (Å²) in [7, 11) is 0. The normalized spacial score (nSPS) is 10.7. The summed E-state index contributed by atoms with van der Waals surface area (Å²) in [4.78, 5) is 36.2. The topological polar surface area (TPSA) is 120 Å². The van der Waals surface area contributed by atoms with Gasteiger partial charge in [0.05, 0.1) is 34.2 Å². The number of aromatic nitrogens is 4. The highest BCUT2D eigenvalue weighted by Crippen LogP contribution is 2.26. The number of amides is 2. The lowest BCUT2D eigenvalue weighted by atomic mass is 10.2. The van der Waals surface area contributed by atoms with Crippen molar-refractivity contribution in [1.29, 1.82) is 0 Å². The summed E-state index contributed by atoms with van der Waals surface area (Å²) in [6, 6.07) is 13.6. The fourth-order valence-electron chi connectivity index (χ4n) is 3.31. The number of carbonyl (C=O) groups excluding carboxylic acids is 2. The zero-order valence-corrected chi connectivity index (χ0v) is 20.9. The third kappa shape index (κ3) is 6.37. The number of carbonyl (C=O) groups is 2. The van der Waals surface area contributed by atoms with Crippen molar-refractivity contribution in [3.63, 3.8) is 0 Å². The molecule has 36 heavy (non-hydrogen) atoms. The number of ether oxygens (including phenoxy) is 1. The molecule has 4 aromatic rings. The van der Waals surface area contributed by atoms with Gasteiger partial charge in [0.1, 0.15) is 17.1 Å². The summed E-state index contributed by atoms with van der Waals surface area (Å²) in [6.07, 6.45) is 3.96. The van der Waals surface area contributed by atoms with Gasteiger partial charge >= 0.3 is 0 Å². The van der Waals surface area contributed by atoms with Gasteiger partial charge < -0.3 is 15.4 Å². The third-order valence-electron chi connectivity index (χ3n) is 5.01. The van der Waals surface area contributed by atoms with Crippen LogP contribution in [0.3, 0.4) is 0 Å². The largest absolute Gasteiger partial charge is 0.491 e. The Kier molecular flexibility index (Phi) is 8.13. The first-order valence-electron chi connectivity index (χ1n) is 11.0. The molecule has 3 aromatic heterocycles. The maximum absolute atomic E-state index is 12.3. The van der Waals surface area contributed by atoms with Gasteiger partial charge in [0.25, 0.3) is 11.5 Å². The summed E-state index contributed by atoms with van der Waals surface area (Å²) < 4.78 is 9.60. The first-order chi connectivity index (χ1) is 17.4. The van der Waals surface area contributed by atoms with Crippen molar-refractivity contribution >= 4 is 34.8 Å². The molecule has 0 aliphatic carbocycles. The Balaban J connectivity index is 1.52. The van der Waals surface area contributed by atoms with Gasteiger partial charge in [0.15, 0.2) is 0 Å². The lowest BCUT2D eigenvalue weighted by Crippen LogP contribution is -2.22. The van der Waals surface area contributed by atoms with E-state index in [1.54, 1.807) is 59.5 Å². The van der Waals surface area contributed by atoms with Gasteiger partial charge in [-0.1, -0.05) is 22.9 Å². The fraction of sp³-hybridized carbons (Fsp3) is 0.208. The van der Waals surface area contributed by atoms with E-state index >= 15 is 0 Å². The number of benzene rings is 1. The highest BCUT2D eigenvalue weighted by atomic mass is 35.5. The predicted molar refractivity (Wildman–Crippen MR) is 136 cm³/mol. The average Bonchev–Trinajstić information content (AvgIpc) is 3.51. The highest BCUT2D eigenvalue weighted by molar-refractivity contribution is 7.17. The molecule has 0 saturated carbocycles. The fourth-order valence-corrected chi connectivity index (χ4v) is 4.27. The average molecular weight is 527 g/mol. The summed E-state index contributed by atoms with van der Waals surface area (Å²) in [5.74, 6) is 0.132. The van der Waals surface area contributed by atoms with Gasteiger partial charge in [-0.25, -0.2) is 4.68 Å². The van der Waals surface area contributed by atoms with Crippen LogP contribution in [-0.4, -0.2) is 44.5 Å². The highest BCUT2D eigenvalue weighted by Gasteiger charge is 2.14. The van der Waals surface area contributed by atoms with Gasteiger partial charge in [-0.3, -0.25) is 19.0 Å². The van der Waals surface area contributed by atoms with Crippen molar-refractivity contribution in [1.82, 2.24) is 30.2 Å². The van der Waals surface area contributed by atoms with Crippen LogP contribution in [0.5, 0.6) is 5.75 Å². The van der Waals surface area contributed by atoms with E-state index < -0.39 is 0 Å². The van der Waals surface area contributed by atoms with Crippen LogP contribution in [0.15, 0.2) is 65.7 Å². The van der Waals surface area contributed by atoms with E-state index in [9.17, 15) is 14.4 Å². The Morgan fingerprint density at radius 2 is 2.00 bits per heavy atom.